The van der Waals surface area contributed by atoms with Gasteiger partial charge in [-0.3, -0.25) is 4.98 Å². The molecule has 2 aromatic rings. The van der Waals surface area contributed by atoms with Crippen LogP contribution < -0.4 is 0 Å². The van der Waals surface area contributed by atoms with Gasteiger partial charge in [-0.25, -0.2) is 4.68 Å². The van der Waals surface area contributed by atoms with Crippen molar-refractivity contribution in [3.8, 4) is 11.4 Å². The molecule has 2 heterocycles. The first-order valence-electron chi connectivity index (χ1n) is 5.16. The van der Waals surface area contributed by atoms with Gasteiger partial charge in [0, 0.05) is 18.0 Å². The Hall–Kier alpha value is -1.82. The van der Waals surface area contributed by atoms with Crippen LogP contribution in [0.15, 0.2) is 24.5 Å². The first-order valence-corrected chi connectivity index (χ1v) is 5.16. The quantitative estimate of drug-likeness (QED) is 0.810. The Morgan fingerprint density at radius 1 is 1.38 bits per heavy atom. The molecule has 0 radical (unpaired) electrons. The molecule has 0 spiro atoms. The molecule has 0 aliphatic rings. The van der Waals surface area contributed by atoms with Crippen molar-refractivity contribution in [3.05, 3.63) is 24.5 Å². The van der Waals surface area contributed by atoms with Gasteiger partial charge in [-0.2, -0.15) is 0 Å². The molecule has 0 aliphatic carbocycles. The van der Waals surface area contributed by atoms with Crippen LogP contribution in [-0.4, -0.2) is 36.4 Å². The highest BCUT2D eigenvalue weighted by atomic mass is 16.3. The summed E-state index contributed by atoms with van der Waals surface area (Å²) in [4.78, 5) is 3.93. The summed E-state index contributed by atoms with van der Waals surface area (Å²) in [6.07, 6.45) is 3.62. The van der Waals surface area contributed by atoms with E-state index in [0.29, 0.717) is 18.8 Å². The zero-order valence-corrected chi connectivity index (χ0v) is 8.98. The number of aliphatic hydroxyl groups excluding tert-OH is 1. The van der Waals surface area contributed by atoms with Gasteiger partial charge in [0.25, 0.3) is 0 Å². The molecule has 0 unspecified atom stereocenters. The Morgan fingerprint density at radius 2 is 2.12 bits per heavy atom. The Kier molecular flexibility index (Phi) is 3.21. The van der Waals surface area contributed by atoms with E-state index in [0.717, 1.165) is 5.56 Å². The van der Waals surface area contributed by atoms with Crippen molar-refractivity contribution in [1.82, 2.24) is 25.2 Å². The van der Waals surface area contributed by atoms with Crippen LogP contribution in [0.25, 0.3) is 11.4 Å². The second-order valence-electron chi connectivity index (χ2n) is 3.48. The number of pyridine rings is 1. The van der Waals surface area contributed by atoms with E-state index in [1.165, 1.54) is 0 Å². The summed E-state index contributed by atoms with van der Waals surface area (Å²) in [5.74, 6) is 0.648. The minimum absolute atomic E-state index is 0.404. The van der Waals surface area contributed by atoms with Gasteiger partial charge in [0.05, 0.1) is 12.6 Å². The van der Waals surface area contributed by atoms with Gasteiger partial charge >= 0.3 is 0 Å². The minimum atomic E-state index is -0.427. The van der Waals surface area contributed by atoms with E-state index < -0.39 is 6.10 Å². The summed E-state index contributed by atoms with van der Waals surface area (Å²) in [7, 11) is 0. The van der Waals surface area contributed by atoms with Crippen LogP contribution in [0, 0.1) is 0 Å². The fourth-order valence-electron chi connectivity index (χ4n) is 1.36. The van der Waals surface area contributed by atoms with Crippen LogP contribution in [0.3, 0.4) is 0 Å². The topological polar surface area (TPSA) is 76.7 Å². The van der Waals surface area contributed by atoms with Gasteiger partial charge in [-0.05, 0) is 29.0 Å². The largest absolute Gasteiger partial charge is 0.391 e. The fraction of sp³-hybridized carbons (Fsp3) is 0.400. The van der Waals surface area contributed by atoms with Crippen LogP contribution >= 0.6 is 0 Å². The van der Waals surface area contributed by atoms with Gasteiger partial charge in [0.1, 0.15) is 0 Å². The molecule has 2 rings (SSSR count). The average molecular weight is 219 g/mol. The SMILES string of the molecule is CC[C@H](O)Cn1nnnc1-c1ccncc1. The molecule has 0 amide bonds. The van der Waals surface area contributed by atoms with Crippen LogP contribution in [0.2, 0.25) is 0 Å². The third-order valence-electron chi connectivity index (χ3n) is 2.33. The first kappa shape index (κ1) is 10.7. The monoisotopic (exact) mass is 219 g/mol. The Labute approximate surface area is 92.9 Å². The van der Waals surface area contributed by atoms with Gasteiger partial charge in [0.2, 0.25) is 0 Å². The van der Waals surface area contributed by atoms with Crippen LogP contribution in [0.5, 0.6) is 0 Å². The zero-order chi connectivity index (χ0) is 11.4. The number of hydrogen-bond donors (Lipinski definition) is 1. The summed E-state index contributed by atoms with van der Waals surface area (Å²) in [6, 6.07) is 3.67. The third-order valence-corrected chi connectivity index (χ3v) is 2.33. The highest BCUT2D eigenvalue weighted by Gasteiger charge is 2.11. The van der Waals surface area contributed by atoms with Gasteiger partial charge in [-0.15, -0.1) is 5.10 Å². The molecule has 0 fully saturated rings. The molecule has 2 aromatic heterocycles. The molecular formula is C10H13N5O. The Morgan fingerprint density at radius 3 is 2.81 bits per heavy atom. The smallest absolute Gasteiger partial charge is 0.182 e. The standard InChI is InChI=1S/C10H13N5O/c1-2-9(16)7-15-10(12-13-14-15)8-3-5-11-6-4-8/h3-6,9,16H,2,7H2,1H3/t9-/m0/s1. The molecular weight excluding hydrogens is 206 g/mol. The lowest BCUT2D eigenvalue weighted by Gasteiger charge is -2.08. The number of aliphatic hydroxyl groups is 1. The van der Waals surface area contributed by atoms with E-state index in [4.69, 9.17) is 0 Å². The lowest BCUT2D eigenvalue weighted by atomic mass is 10.2. The van der Waals surface area contributed by atoms with E-state index >= 15 is 0 Å². The van der Waals surface area contributed by atoms with Crippen molar-refractivity contribution in [2.75, 3.05) is 0 Å². The molecule has 1 atom stereocenters. The number of tetrazole rings is 1. The van der Waals surface area contributed by atoms with Crippen molar-refractivity contribution in [3.63, 3.8) is 0 Å². The summed E-state index contributed by atoms with van der Waals surface area (Å²) in [6.45, 7) is 2.32. The third kappa shape index (κ3) is 2.22. The predicted octanol–water partition coefficient (Wildman–Crippen LogP) is 0.506. The van der Waals surface area contributed by atoms with Crippen LogP contribution in [0.4, 0.5) is 0 Å². The maximum Gasteiger partial charge on any atom is 0.182 e. The van der Waals surface area contributed by atoms with Gasteiger partial charge in [-0.1, -0.05) is 6.92 Å². The second kappa shape index (κ2) is 4.80. The minimum Gasteiger partial charge on any atom is -0.391 e. The molecule has 0 aromatic carbocycles. The lowest BCUT2D eigenvalue weighted by Crippen LogP contribution is -2.16. The van der Waals surface area contributed by atoms with E-state index in [2.05, 4.69) is 20.5 Å². The zero-order valence-electron chi connectivity index (χ0n) is 8.98. The van der Waals surface area contributed by atoms with Crippen LogP contribution in [0.1, 0.15) is 13.3 Å². The van der Waals surface area contributed by atoms with Gasteiger partial charge < -0.3 is 5.11 Å². The predicted molar refractivity (Wildman–Crippen MR) is 57.3 cm³/mol. The molecule has 0 saturated heterocycles. The van der Waals surface area contributed by atoms with Crippen molar-refractivity contribution in [2.24, 2.45) is 0 Å². The van der Waals surface area contributed by atoms with Crippen LogP contribution in [-0.2, 0) is 6.54 Å². The molecule has 0 aliphatic heterocycles. The lowest BCUT2D eigenvalue weighted by molar-refractivity contribution is 0.145. The van der Waals surface area contributed by atoms with E-state index in [9.17, 15) is 5.11 Å². The molecule has 6 nitrogen and oxygen atoms in total. The maximum absolute atomic E-state index is 9.57. The molecule has 0 bridgehead atoms. The molecule has 1 N–H and O–H groups in total. The fourth-order valence-corrected chi connectivity index (χ4v) is 1.36. The summed E-state index contributed by atoms with van der Waals surface area (Å²) in [5.41, 5.74) is 0.892. The van der Waals surface area contributed by atoms with Crippen molar-refractivity contribution in [1.29, 1.82) is 0 Å². The maximum atomic E-state index is 9.57. The Balaban J connectivity index is 2.26. The highest BCUT2D eigenvalue weighted by molar-refractivity contribution is 5.52. The Bertz CT molecular complexity index is 441. The number of hydrogen-bond acceptors (Lipinski definition) is 5. The second-order valence-corrected chi connectivity index (χ2v) is 3.48. The number of nitrogens with zero attached hydrogens (tertiary/aromatic N) is 5. The van der Waals surface area contributed by atoms with Crippen molar-refractivity contribution < 1.29 is 5.11 Å². The van der Waals surface area contributed by atoms with Gasteiger partial charge in [0.15, 0.2) is 5.82 Å². The summed E-state index contributed by atoms with van der Waals surface area (Å²) in [5, 5.41) is 21.0. The first-order chi connectivity index (χ1) is 7.81. The summed E-state index contributed by atoms with van der Waals surface area (Å²) < 4.78 is 1.60. The van der Waals surface area contributed by atoms with E-state index in [-0.39, 0.29) is 0 Å². The number of rotatable bonds is 4. The summed E-state index contributed by atoms with van der Waals surface area (Å²) >= 11 is 0. The molecule has 84 valence electrons. The van der Waals surface area contributed by atoms with E-state index in [1.54, 1.807) is 17.1 Å². The number of aromatic nitrogens is 5. The van der Waals surface area contributed by atoms with Crippen molar-refractivity contribution in [2.45, 2.75) is 26.0 Å². The average Bonchev–Trinajstić information content (AvgIpc) is 2.78. The van der Waals surface area contributed by atoms with Crippen molar-refractivity contribution >= 4 is 0 Å². The highest BCUT2D eigenvalue weighted by Crippen LogP contribution is 2.14. The molecule has 16 heavy (non-hydrogen) atoms. The molecule has 0 saturated carbocycles. The van der Waals surface area contributed by atoms with E-state index in [1.807, 2.05) is 19.1 Å². The molecule has 6 heteroatoms. The normalized spacial score (nSPS) is 12.6.